The predicted octanol–water partition coefficient (Wildman–Crippen LogP) is 32.8. The molecule has 105 heavy (non-hydrogen) atoms. The van der Waals surface area contributed by atoms with Crippen LogP contribution >= 0.6 is 101 Å². The van der Waals surface area contributed by atoms with Crippen molar-refractivity contribution in [3.05, 3.63) is 308 Å². The van der Waals surface area contributed by atoms with E-state index in [1.807, 2.05) is 98.8 Å². The van der Waals surface area contributed by atoms with Gasteiger partial charge in [0, 0.05) is 33.0 Å². The van der Waals surface area contributed by atoms with Gasteiger partial charge in [0.1, 0.15) is 17.3 Å². The van der Waals surface area contributed by atoms with E-state index in [0.717, 1.165) is 48.2 Å². The van der Waals surface area contributed by atoms with Gasteiger partial charge in [0.15, 0.2) is 0 Å². The van der Waals surface area contributed by atoms with Gasteiger partial charge in [0.2, 0.25) is 0 Å². The predicted molar refractivity (Wildman–Crippen MR) is 476 cm³/mol. The highest BCUT2D eigenvalue weighted by Gasteiger charge is 2.33. The van der Waals surface area contributed by atoms with Crippen LogP contribution in [0.1, 0.15) is 161 Å². The van der Waals surface area contributed by atoms with Crippen LogP contribution in [0.25, 0.3) is 48.6 Å². The molecule has 0 amide bonds. The first-order valence-corrected chi connectivity index (χ1v) is 40.2. The first-order chi connectivity index (χ1) is 49.5. The first-order valence-electron chi connectivity index (χ1n) is 35.2. The summed E-state index contributed by atoms with van der Waals surface area (Å²) in [6, 6.07) is 55.4. The Kier molecular flexibility index (Phi) is 51.1. The molecule has 13 heteroatoms. The van der Waals surface area contributed by atoms with Crippen molar-refractivity contribution < 1.29 is 27.0 Å². The Morgan fingerprint density at radius 1 is 0.390 bits per heavy atom. The molecule has 0 unspecified atom stereocenters. The second-order valence-corrected chi connectivity index (χ2v) is 31.9. The number of alkyl halides is 3. The minimum atomic E-state index is -4.39. The highest BCUT2D eigenvalue weighted by Crippen LogP contribution is 2.35. The van der Waals surface area contributed by atoms with Crippen molar-refractivity contribution in [2.24, 2.45) is 47.3 Å². The van der Waals surface area contributed by atoms with Gasteiger partial charge in [-0.05, 0) is 206 Å². The molecule has 566 valence electrons. The van der Waals surface area contributed by atoms with E-state index >= 15 is 0 Å². The Bertz CT molecular complexity index is 3770. The monoisotopic (exact) mass is 1740 g/mol. The van der Waals surface area contributed by atoms with Crippen LogP contribution in [0, 0.1) is 56.7 Å². The number of allylic oxidation sites excluding steroid dienone is 8. The fourth-order valence-electron chi connectivity index (χ4n) is 8.13. The molecule has 0 fully saturated rings. The molecule has 8 aromatic carbocycles. The minimum Gasteiger partial charge on any atom is -0.497 e. The number of methoxy groups -OCH3 is 2. The van der Waals surface area contributed by atoms with Crippen molar-refractivity contribution in [1.29, 1.82) is 0 Å². The molecular formula is C92H110Br2Cl3F4IO2S. The molecule has 0 N–H and O–H groups in total. The Morgan fingerprint density at radius 3 is 1.23 bits per heavy atom. The van der Waals surface area contributed by atoms with Crippen LogP contribution in [0.2, 0.25) is 15.1 Å². The third-order valence-electron chi connectivity index (χ3n) is 13.6. The number of hydrogen-bond acceptors (Lipinski definition) is 3. The number of thioether (sulfide) groups is 1. The molecule has 8 rings (SSSR count). The van der Waals surface area contributed by atoms with Crippen LogP contribution in [-0.2, 0) is 6.18 Å². The number of rotatable bonds is 19. The largest absolute Gasteiger partial charge is 0.497 e. The summed E-state index contributed by atoms with van der Waals surface area (Å²) in [5.41, 5.74) is 7.99. The zero-order chi connectivity index (χ0) is 79.0. The van der Waals surface area contributed by atoms with Crippen molar-refractivity contribution in [3.63, 3.8) is 0 Å². The summed E-state index contributed by atoms with van der Waals surface area (Å²) < 4.78 is 63.8. The quantitative estimate of drug-likeness (QED) is 0.0457. The summed E-state index contributed by atoms with van der Waals surface area (Å²) in [6.07, 6.45) is 31.2. The molecule has 0 saturated heterocycles. The lowest BCUT2D eigenvalue weighted by molar-refractivity contribution is -0.137. The molecule has 0 spiro atoms. The molecule has 8 aromatic rings. The summed E-state index contributed by atoms with van der Waals surface area (Å²) in [5.74, 6) is 5.94. The van der Waals surface area contributed by atoms with Gasteiger partial charge in [-0.25, -0.2) is 4.39 Å². The molecule has 0 saturated carbocycles. The number of para-hydroxylation sites is 1. The van der Waals surface area contributed by atoms with Gasteiger partial charge >= 0.3 is 6.18 Å². The van der Waals surface area contributed by atoms with Crippen molar-refractivity contribution in [2.75, 3.05) is 20.5 Å². The van der Waals surface area contributed by atoms with E-state index < -0.39 is 11.7 Å². The lowest BCUT2D eigenvalue weighted by atomic mass is 10.1. The van der Waals surface area contributed by atoms with E-state index in [9.17, 15) is 17.6 Å². The van der Waals surface area contributed by atoms with E-state index in [4.69, 9.17) is 44.3 Å². The molecule has 0 radical (unpaired) electrons. The molecule has 0 aliphatic carbocycles. The molecule has 0 heterocycles. The molecule has 0 aromatic heterocycles. The maximum atomic E-state index is 12.8. The smallest absolute Gasteiger partial charge is 0.417 e. The Balaban J connectivity index is 0.000000601. The average molecular weight is 1750 g/mol. The molecule has 0 atom stereocenters. The van der Waals surface area contributed by atoms with Gasteiger partial charge in [0.25, 0.3) is 0 Å². The maximum absolute atomic E-state index is 12.8. The van der Waals surface area contributed by atoms with Crippen molar-refractivity contribution >= 4 is 150 Å². The summed E-state index contributed by atoms with van der Waals surface area (Å²) >= 11 is 28.2. The van der Waals surface area contributed by atoms with Crippen LogP contribution in [0.15, 0.2) is 238 Å². The third-order valence-corrected chi connectivity index (χ3v) is 17.2. The van der Waals surface area contributed by atoms with Gasteiger partial charge in [-0.3, -0.25) is 0 Å². The molecule has 0 aliphatic rings. The van der Waals surface area contributed by atoms with Crippen molar-refractivity contribution in [1.82, 2.24) is 0 Å². The standard InChI is InChI=1S/C12H12ClF3.2C12H16O.C12H16S.C11H12BrCl.C11H13Br.C11H12ClF.C11H13I/c1-8(2)3-4-9-5-6-10(11(13)7-9)12(14,15)16;1-10(2)7-8-11-5-4-6-12(9-11)13-3;1-10(2)8-9-11-6-4-5-7-12(11)13-3;1-10(2)7-8-11-5-4-6-12(9-11)13-3;1-8(2)3-4-9-5-10(12)7-11(13)6-9;1-9(2)7-8-10-5-3-4-6-11(10)12;1-8(2)3-4-9-5-10(12)7-11(13)6-9;1-9(2)7-8-10-5-3-4-6-11(10)12/h3-8H,1-2H3;3*4-10H,1-3H3;3-8H,1-2H3;3-9H,1-2H3;3-8H,1-2H3;3-9H,1-2H3/b4-3+;8-7+;9-8+;8-7+;4-3+;8-7+;4-3+;8-7+. The van der Waals surface area contributed by atoms with E-state index in [1.54, 1.807) is 38.1 Å². The van der Waals surface area contributed by atoms with Crippen molar-refractivity contribution in [3.8, 4) is 11.5 Å². The van der Waals surface area contributed by atoms with Crippen molar-refractivity contribution in [2.45, 2.75) is 122 Å². The summed E-state index contributed by atoms with van der Waals surface area (Å²) in [4.78, 5) is 1.32. The van der Waals surface area contributed by atoms with E-state index in [-0.39, 0.29) is 10.8 Å². The minimum absolute atomic E-state index is 0.265. The zero-order valence-electron chi connectivity index (χ0n) is 64.6. The fourth-order valence-corrected chi connectivity index (χ4v) is 11.0. The van der Waals surface area contributed by atoms with Crippen LogP contribution in [0.3, 0.4) is 0 Å². The highest BCUT2D eigenvalue weighted by atomic mass is 127. The van der Waals surface area contributed by atoms with Gasteiger partial charge < -0.3 is 9.47 Å². The van der Waals surface area contributed by atoms with Gasteiger partial charge in [-0.15, -0.1) is 11.8 Å². The lowest BCUT2D eigenvalue weighted by Gasteiger charge is -2.09. The average Bonchev–Trinajstić information content (AvgIpc) is 0.828. The highest BCUT2D eigenvalue weighted by molar-refractivity contribution is 14.1. The van der Waals surface area contributed by atoms with E-state index in [1.165, 1.54) is 55.0 Å². The van der Waals surface area contributed by atoms with E-state index in [0.29, 0.717) is 57.9 Å². The number of ether oxygens (including phenoxy) is 2. The normalized spacial score (nSPS) is 11.5. The summed E-state index contributed by atoms with van der Waals surface area (Å²) in [6.45, 7) is 34.2. The second-order valence-electron chi connectivity index (χ2n) is 26.8. The Hall–Kier alpha value is -6.09. The van der Waals surface area contributed by atoms with Gasteiger partial charge in [-0.2, -0.15) is 13.2 Å². The first kappa shape index (κ1) is 96.9. The Labute approximate surface area is 679 Å². The van der Waals surface area contributed by atoms with E-state index in [2.05, 4.69) is 303 Å². The maximum Gasteiger partial charge on any atom is 0.417 e. The van der Waals surface area contributed by atoms with Crippen LogP contribution in [0.4, 0.5) is 17.6 Å². The SMILES string of the molecule is CC(C)/C=C/c1cc(Cl)cc(Br)c1.CC(C)/C=C/c1cc(F)cc(Cl)c1.CC(C)/C=C/c1ccc(C(F)(F)F)c(Cl)c1.CC(C)/C=C/c1ccccc1Br.CC(C)/C=C/c1ccccc1I.COc1cccc(/C=C/C(C)C)c1.COc1ccccc1/C=C/C(C)C.CSc1cccc(/C=C/C(C)C)c1. The molecular weight excluding hydrogens is 1640 g/mol. The molecule has 0 bridgehead atoms. The van der Waals surface area contributed by atoms with Crippen LogP contribution < -0.4 is 9.47 Å². The van der Waals surface area contributed by atoms with Crippen LogP contribution in [-0.4, -0.2) is 20.5 Å². The lowest BCUT2D eigenvalue weighted by Crippen LogP contribution is -2.05. The number of benzene rings is 8. The van der Waals surface area contributed by atoms with Gasteiger partial charge in [0.05, 0.1) is 24.8 Å². The topological polar surface area (TPSA) is 18.5 Å². The Morgan fingerprint density at radius 2 is 0.790 bits per heavy atom. The fraction of sp³-hybridized carbons (Fsp3) is 0.304. The summed E-state index contributed by atoms with van der Waals surface area (Å²) in [7, 11) is 3.38. The van der Waals surface area contributed by atoms with Gasteiger partial charge in [-0.1, -0.05) is 360 Å². The van der Waals surface area contributed by atoms with Crippen LogP contribution in [0.5, 0.6) is 11.5 Å². The molecule has 2 nitrogen and oxygen atoms in total. The number of hydrogen-bond donors (Lipinski definition) is 0. The summed E-state index contributed by atoms with van der Waals surface area (Å²) in [5, 5.41) is 0.930. The molecule has 0 aliphatic heterocycles. The third kappa shape index (κ3) is 48.8. The number of halogens is 10. The second kappa shape index (κ2) is 55.3. The zero-order valence-corrected chi connectivity index (χ0v) is 73.0.